The molecule has 1 aliphatic heterocycles. The Labute approximate surface area is 168 Å². The van der Waals surface area contributed by atoms with Crippen LogP contribution in [0, 0.1) is 17.0 Å². The van der Waals surface area contributed by atoms with Gasteiger partial charge in [0.25, 0.3) is 15.7 Å². The van der Waals surface area contributed by atoms with Crippen molar-refractivity contribution in [1.29, 1.82) is 0 Å². The minimum absolute atomic E-state index is 0.0672. The lowest BCUT2D eigenvalue weighted by Gasteiger charge is -2.26. The van der Waals surface area contributed by atoms with Crippen LogP contribution in [0.15, 0.2) is 52.3 Å². The summed E-state index contributed by atoms with van der Waals surface area (Å²) in [6.07, 6.45) is 0. The summed E-state index contributed by atoms with van der Waals surface area (Å²) in [5, 5.41) is 11.5. The standard InChI is InChI=1S/C17H19N3O7S2/c1-13-2-4-14(5-3-13)28(23,24)18-16-7-6-15(12-17(16)20(21)22)29(25,26)19-8-10-27-11-9-19/h2-7,12,18H,8-11H2,1H3. The first-order chi connectivity index (χ1) is 13.6. The van der Waals surface area contributed by atoms with E-state index < -0.39 is 30.7 Å². The number of hydrogen-bond donors (Lipinski definition) is 1. The highest BCUT2D eigenvalue weighted by molar-refractivity contribution is 7.92. The Hall–Kier alpha value is -2.54. The van der Waals surface area contributed by atoms with E-state index in [1.165, 1.54) is 16.4 Å². The van der Waals surface area contributed by atoms with Gasteiger partial charge in [-0.05, 0) is 31.2 Å². The Morgan fingerprint density at radius 2 is 1.59 bits per heavy atom. The van der Waals surface area contributed by atoms with Gasteiger partial charge < -0.3 is 4.74 Å². The molecule has 0 saturated carbocycles. The summed E-state index contributed by atoms with van der Waals surface area (Å²) in [5.41, 5.74) is -0.126. The van der Waals surface area contributed by atoms with Crippen molar-refractivity contribution in [3.05, 3.63) is 58.1 Å². The van der Waals surface area contributed by atoms with Crippen LogP contribution in [0.4, 0.5) is 11.4 Å². The average Bonchev–Trinajstić information content (AvgIpc) is 2.68. The monoisotopic (exact) mass is 441 g/mol. The molecule has 1 N–H and O–H groups in total. The predicted molar refractivity (Wildman–Crippen MR) is 105 cm³/mol. The minimum atomic E-state index is -4.09. The first kappa shape index (κ1) is 21.2. The maximum atomic E-state index is 12.7. The SMILES string of the molecule is Cc1ccc(S(=O)(=O)Nc2ccc(S(=O)(=O)N3CCOCC3)cc2[N+](=O)[O-])cc1. The van der Waals surface area contributed by atoms with E-state index in [-0.39, 0.29) is 41.8 Å². The van der Waals surface area contributed by atoms with Crippen LogP contribution in [0.5, 0.6) is 0 Å². The van der Waals surface area contributed by atoms with Crippen LogP contribution in [0.3, 0.4) is 0 Å². The molecule has 1 saturated heterocycles. The van der Waals surface area contributed by atoms with Crippen LogP contribution < -0.4 is 4.72 Å². The van der Waals surface area contributed by atoms with E-state index in [1.54, 1.807) is 19.1 Å². The fraction of sp³-hybridized carbons (Fsp3) is 0.294. The van der Waals surface area contributed by atoms with E-state index in [0.717, 1.165) is 23.8 Å². The van der Waals surface area contributed by atoms with E-state index >= 15 is 0 Å². The van der Waals surface area contributed by atoms with Crippen molar-refractivity contribution in [2.75, 3.05) is 31.0 Å². The molecular weight excluding hydrogens is 422 g/mol. The molecule has 2 aromatic carbocycles. The van der Waals surface area contributed by atoms with E-state index in [1.807, 2.05) is 0 Å². The average molecular weight is 441 g/mol. The number of nitro groups is 1. The zero-order valence-corrected chi connectivity index (χ0v) is 17.1. The first-order valence-corrected chi connectivity index (χ1v) is 11.5. The van der Waals surface area contributed by atoms with Gasteiger partial charge in [0.1, 0.15) is 5.69 Å². The molecule has 2 aromatic rings. The lowest BCUT2D eigenvalue weighted by molar-refractivity contribution is -0.384. The number of morpholine rings is 1. The van der Waals surface area contributed by atoms with Crippen molar-refractivity contribution in [2.45, 2.75) is 16.7 Å². The second-order valence-corrected chi connectivity index (χ2v) is 9.99. The lowest BCUT2D eigenvalue weighted by atomic mass is 10.2. The number of nitro benzene ring substituents is 1. The van der Waals surface area contributed by atoms with Crippen LogP contribution in [-0.4, -0.2) is 52.4 Å². The van der Waals surface area contributed by atoms with Gasteiger partial charge in [0.15, 0.2) is 0 Å². The van der Waals surface area contributed by atoms with Crippen molar-refractivity contribution >= 4 is 31.4 Å². The van der Waals surface area contributed by atoms with Crippen LogP contribution in [0.1, 0.15) is 5.56 Å². The number of benzene rings is 2. The Kier molecular flexibility index (Phi) is 5.89. The number of nitrogens with one attached hydrogen (secondary N) is 1. The molecule has 1 aliphatic rings. The molecule has 1 fully saturated rings. The number of sulfonamides is 2. The summed E-state index contributed by atoms with van der Waals surface area (Å²) in [6, 6.07) is 9.03. The first-order valence-electron chi connectivity index (χ1n) is 8.57. The molecule has 0 amide bonds. The molecule has 0 unspecified atom stereocenters. The van der Waals surface area contributed by atoms with Crippen LogP contribution >= 0.6 is 0 Å². The molecule has 0 bridgehead atoms. The van der Waals surface area contributed by atoms with Gasteiger partial charge in [-0.2, -0.15) is 4.31 Å². The Morgan fingerprint density at radius 3 is 2.17 bits per heavy atom. The van der Waals surface area contributed by atoms with E-state index in [2.05, 4.69) is 4.72 Å². The van der Waals surface area contributed by atoms with Crippen LogP contribution in [-0.2, 0) is 24.8 Å². The van der Waals surface area contributed by atoms with Crippen molar-refractivity contribution < 1.29 is 26.5 Å². The molecule has 0 aliphatic carbocycles. The summed E-state index contributed by atoms with van der Waals surface area (Å²) < 4.78 is 59.0. The minimum Gasteiger partial charge on any atom is -0.379 e. The molecule has 10 nitrogen and oxygen atoms in total. The van der Waals surface area contributed by atoms with Gasteiger partial charge in [0.05, 0.1) is 27.9 Å². The predicted octanol–water partition coefficient (Wildman–Crippen LogP) is 1.72. The highest BCUT2D eigenvalue weighted by Crippen LogP contribution is 2.31. The summed E-state index contributed by atoms with van der Waals surface area (Å²) in [7, 11) is -8.05. The van der Waals surface area contributed by atoms with Gasteiger partial charge in [0.2, 0.25) is 10.0 Å². The summed E-state index contributed by atoms with van der Waals surface area (Å²) in [6.45, 7) is 2.53. The van der Waals surface area contributed by atoms with Gasteiger partial charge in [0, 0.05) is 19.2 Å². The smallest absolute Gasteiger partial charge is 0.294 e. The lowest BCUT2D eigenvalue weighted by Crippen LogP contribution is -2.40. The highest BCUT2D eigenvalue weighted by Gasteiger charge is 2.29. The third-order valence-electron chi connectivity index (χ3n) is 4.35. The number of ether oxygens (including phenoxy) is 1. The fourth-order valence-electron chi connectivity index (χ4n) is 2.77. The number of rotatable bonds is 6. The molecule has 0 spiro atoms. The van der Waals surface area contributed by atoms with Gasteiger partial charge in [-0.3, -0.25) is 14.8 Å². The maximum Gasteiger partial charge on any atom is 0.294 e. The number of aryl methyl sites for hydroxylation is 1. The Morgan fingerprint density at radius 1 is 1.00 bits per heavy atom. The Balaban J connectivity index is 1.96. The van der Waals surface area contributed by atoms with Crippen molar-refractivity contribution in [3.8, 4) is 0 Å². The maximum absolute atomic E-state index is 12.7. The van der Waals surface area contributed by atoms with Crippen LogP contribution in [0.25, 0.3) is 0 Å². The highest BCUT2D eigenvalue weighted by atomic mass is 32.2. The Bertz CT molecular complexity index is 1120. The zero-order valence-electron chi connectivity index (χ0n) is 15.4. The number of hydrogen-bond acceptors (Lipinski definition) is 7. The second kappa shape index (κ2) is 8.06. The molecule has 0 aromatic heterocycles. The second-order valence-electron chi connectivity index (χ2n) is 6.37. The van der Waals surface area contributed by atoms with E-state index in [0.29, 0.717) is 0 Å². The molecule has 0 radical (unpaired) electrons. The van der Waals surface area contributed by atoms with E-state index in [4.69, 9.17) is 4.74 Å². The summed E-state index contributed by atoms with van der Waals surface area (Å²) in [5.74, 6) is 0. The summed E-state index contributed by atoms with van der Waals surface area (Å²) in [4.78, 5) is 10.3. The van der Waals surface area contributed by atoms with Gasteiger partial charge in [-0.1, -0.05) is 17.7 Å². The normalized spacial score (nSPS) is 15.8. The topological polar surface area (TPSA) is 136 Å². The van der Waals surface area contributed by atoms with E-state index in [9.17, 15) is 26.9 Å². The van der Waals surface area contributed by atoms with Crippen molar-refractivity contribution in [3.63, 3.8) is 0 Å². The molecule has 12 heteroatoms. The van der Waals surface area contributed by atoms with Gasteiger partial charge in [-0.15, -0.1) is 0 Å². The molecular formula is C17H19N3O7S2. The number of nitrogens with zero attached hydrogens (tertiary/aromatic N) is 2. The fourth-order valence-corrected chi connectivity index (χ4v) is 5.27. The molecule has 1 heterocycles. The van der Waals surface area contributed by atoms with Crippen molar-refractivity contribution in [2.24, 2.45) is 0 Å². The van der Waals surface area contributed by atoms with Crippen molar-refractivity contribution in [1.82, 2.24) is 4.31 Å². The third kappa shape index (κ3) is 4.56. The van der Waals surface area contributed by atoms with Crippen LogP contribution in [0.2, 0.25) is 0 Å². The molecule has 29 heavy (non-hydrogen) atoms. The van der Waals surface area contributed by atoms with Gasteiger partial charge >= 0.3 is 0 Å². The quantitative estimate of drug-likeness (QED) is 0.532. The van der Waals surface area contributed by atoms with Gasteiger partial charge in [-0.25, -0.2) is 16.8 Å². The zero-order chi connectivity index (χ0) is 21.2. The molecule has 156 valence electrons. The summed E-state index contributed by atoms with van der Waals surface area (Å²) >= 11 is 0. The largest absolute Gasteiger partial charge is 0.379 e. The third-order valence-corrected chi connectivity index (χ3v) is 7.63. The molecule has 0 atom stereocenters. The molecule has 3 rings (SSSR count). The number of anilines is 1.